The van der Waals surface area contributed by atoms with E-state index in [2.05, 4.69) is 26.7 Å². The molecule has 0 unspecified atom stereocenters. The van der Waals surface area contributed by atoms with Crippen LogP contribution in [0.25, 0.3) is 0 Å². The number of carbonyl (C=O) groups excluding carboxylic acids is 1. The second-order valence-corrected chi connectivity index (χ2v) is 6.87. The molecule has 1 aliphatic heterocycles. The van der Waals surface area contributed by atoms with Crippen molar-refractivity contribution in [2.45, 2.75) is 0 Å². The van der Waals surface area contributed by atoms with E-state index in [-0.39, 0.29) is 5.91 Å². The highest BCUT2D eigenvalue weighted by atomic mass is 16.5. The first-order valence-corrected chi connectivity index (χ1v) is 9.80. The van der Waals surface area contributed by atoms with Crippen LogP contribution in [-0.4, -0.2) is 54.1 Å². The van der Waals surface area contributed by atoms with Gasteiger partial charge in [0.1, 0.15) is 11.6 Å². The summed E-state index contributed by atoms with van der Waals surface area (Å²) in [6.07, 6.45) is 5.19. The maximum atomic E-state index is 13.1. The Morgan fingerprint density at radius 1 is 0.967 bits per heavy atom. The Bertz CT molecular complexity index is 1070. The van der Waals surface area contributed by atoms with E-state index >= 15 is 0 Å². The summed E-state index contributed by atoms with van der Waals surface area (Å²) in [5, 5.41) is 0. The van der Waals surface area contributed by atoms with Crippen molar-refractivity contribution in [1.29, 1.82) is 0 Å². The summed E-state index contributed by atoms with van der Waals surface area (Å²) in [7, 11) is 1.60. The molecule has 1 aliphatic rings. The number of benzene rings is 1. The van der Waals surface area contributed by atoms with Crippen LogP contribution < -0.4 is 9.64 Å². The molecule has 4 rings (SSSR count). The van der Waals surface area contributed by atoms with E-state index in [9.17, 15) is 4.79 Å². The minimum atomic E-state index is 0.00489. The van der Waals surface area contributed by atoms with Crippen LogP contribution in [0, 0.1) is 11.8 Å². The summed E-state index contributed by atoms with van der Waals surface area (Å²) < 4.78 is 5.42. The van der Waals surface area contributed by atoms with Gasteiger partial charge in [0.25, 0.3) is 5.91 Å². The Hall–Kier alpha value is -3.85. The van der Waals surface area contributed by atoms with Crippen molar-refractivity contribution >= 4 is 11.7 Å². The van der Waals surface area contributed by atoms with E-state index in [1.54, 1.807) is 43.9 Å². The minimum absolute atomic E-state index is 0.00489. The lowest BCUT2D eigenvalue weighted by Gasteiger charge is -2.35. The Labute approximate surface area is 176 Å². The van der Waals surface area contributed by atoms with Crippen LogP contribution in [0.3, 0.4) is 0 Å². The average Bonchev–Trinajstić information content (AvgIpc) is 2.83. The lowest BCUT2D eigenvalue weighted by Crippen LogP contribution is -2.49. The van der Waals surface area contributed by atoms with E-state index in [0.717, 1.165) is 24.5 Å². The van der Waals surface area contributed by atoms with E-state index in [1.165, 1.54) is 0 Å². The Morgan fingerprint density at radius 2 is 1.77 bits per heavy atom. The minimum Gasteiger partial charge on any atom is -0.495 e. The van der Waals surface area contributed by atoms with Crippen LogP contribution in [0.5, 0.6) is 5.75 Å². The van der Waals surface area contributed by atoms with Crippen LogP contribution >= 0.6 is 0 Å². The van der Waals surface area contributed by atoms with Crippen molar-refractivity contribution in [2.24, 2.45) is 0 Å². The molecule has 0 atom stereocenters. The van der Waals surface area contributed by atoms with Gasteiger partial charge < -0.3 is 14.5 Å². The summed E-state index contributed by atoms with van der Waals surface area (Å²) in [6.45, 7) is 2.82. The molecule has 0 saturated carbocycles. The molecule has 2 aromatic heterocycles. The third-order valence-electron chi connectivity index (χ3n) is 5.01. The molecule has 1 fully saturated rings. The van der Waals surface area contributed by atoms with Gasteiger partial charge in [0.15, 0.2) is 0 Å². The maximum Gasteiger partial charge on any atom is 0.254 e. The number of methoxy groups -OCH3 is 1. The van der Waals surface area contributed by atoms with Gasteiger partial charge in [0, 0.05) is 55.9 Å². The molecule has 6 heteroatoms. The Kier molecular flexibility index (Phi) is 5.90. The number of aromatic nitrogens is 2. The fraction of sp³-hybridized carbons (Fsp3) is 0.208. The van der Waals surface area contributed by atoms with Gasteiger partial charge in [-0.3, -0.25) is 9.78 Å². The first-order valence-electron chi connectivity index (χ1n) is 9.80. The molecule has 0 aliphatic carbocycles. The number of carbonyl (C=O) groups is 1. The van der Waals surface area contributed by atoms with E-state index < -0.39 is 0 Å². The highest BCUT2D eigenvalue weighted by molar-refractivity contribution is 5.95. The molecule has 1 saturated heterocycles. The van der Waals surface area contributed by atoms with Gasteiger partial charge in [-0.2, -0.15) is 0 Å². The average molecular weight is 398 g/mol. The largest absolute Gasteiger partial charge is 0.495 e. The third kappa shape index (κ3) is 4.41. The van der Waals surface area contributed by atoms with E-state index in [4.69, 9.17) is 4.74 Å². The zero-order valence-corrected chi connectivity index (χ0v) is 16.8. The number of nitrogens with zero attached hydrogens (tertiary/aromatic N) is 4. The second-order valence-electron chi connectivity index (χ2n) is 6.87. The number of pyridine rings is 2. The first kappa shape index (κ1) is 19.5. The normalized spacial score (nSPS) is 13.4. The van der Waals surface area contributed by atoms with Gasteiger partial charge in [0.05, 0.1) is 12.7 Å². The predicted molar refractivity (Wildman–Crippen MR) is 116 cm³/mol. The molecule has 6 nitrogen and oxygen atoms in total. The lowest BCUT2D eigenvalue weighted by atomic mass is 10.1. The fourth-order valence-electron chi connectivity index (χ4n) is 3.38. The van der Waals surface area contributed by atoms with Gasteiger partial charge in [0.2, 0.25) is 0 Å². The number of hydrogen-bond acceptors (Lipinski definition) is 5. The van der Waals surface area contributed by atoms with Crippen molar-refractivity contribution in [3.8, 4) is 17.6 Å². The zero-order chi connectivity index (χ0) is 20.8. The van der Waals surface area contributed by atoms with Gasteiger partial charge in [-0.15, -0.1) is 0 Å². The van der Waals surface area contributed by atoms with E-state index in [1.807, 2.05) is 35.2 Å². The van der Waals surface area contributed by atoms with Crippen LogP contribution in [0.4, 0.5) is 5.82 Å². The van der Waals surface area contributed by atoms with Crippen molar-refractivity contribution in [1.82, 2.24) is 14.9 Å². The van der Waals surface area contributed by atoms with Crippen LogP contribution in [0.2, 0.25) is 0 Å². The number of piperazine rings is 1. The molecule has 1 aromatic carbocycles. The molecule has 0 radical (unpaired) electrons. The summed E-state index contributed by atoms with van der Waals surface area (Å²) in [6, 6.07) is 15.0. The van der Waals surface area contributed by atoms with Crippen molar-refractivity contribution in [2.75, 3.05) is 38.2 Å². The van der Waals surface area contributed by atoms with Crippen LogP contribution in [0.1, 0.15) is 21.5 Å². The molecule has 0 bridgehead atoms. The number of hydrogen-bond donors (Lipinski definition) is 0. The predicted octanol–water partition coefficient (Wildman–Crippen LogP) is 2.85. The Balaban J connectivity index is 1.49. The molecule has 3 aromatic rings. The summed E-state index contributed by atoms with van der Waals surface area (Å²) in [4.78, 5) is 25.5. The van der Waals surface area contributed by atoms with Gasteiger partial charge in [-0.05, 0) is 42.5 Å². The van der Waals surface area contributed by atoms with Crippen molar-refractivity contribution in [3.05, 3.63) is 83.8 Å². The van der Waals surface area contributed by atoms with Gasteiger partial charge >= 0.3 is 0 Å². The number of amides is 1. The monoisotopic (exact) mass is 398 g/mol. The lowest BCUT2D eigenvalue weighted by molar-refractivity contribution is 0.0746. The highest BCUT2D eigenvalue weighted by Crippen LogP contribution is 2.21. The van der Waals surface area contributed by atoms with Crippen molar-refractivity contribution < 1.29 is 9.53 Å². The van der Waals surface area contributed by atoms with E-state index in [0.29, 0.717) is 30.0 Å². The SMILES string of the molecule is COc1ccc(C(=O)N2CCN(c3ccccn3)CC2)cc1C#Cc1ccncc1. The molecule has 150 valence electrons. The second kappa shape index (κ2) is 9.10. The maximum absolute atomic E-state index is 13.1. The highest BCUT2D eigenvalue weighted by Gasteiger charge is 2.23. The molecule has 0 N–H and O–H groups in total. The fourth-order valence-corrected chi connectivity index (χ4v) is 3.38. The third-order valence-corrected chi connectivity index (χ3v) is 5.01. The van der Waals surface area contributed by atoms with Gasteiger partial charge in [-0.1, -0.05) is 17.9 Å². The molecule has 30 heavy (non-hydrogen) atoms. The smallest absolute Gasteiger partial charge is 0.254 e. The number of ether oxygens (including phenoxy) is 1. The molecule has 1 amide bonds. The first-order chi connectivity index (χ1) is 14.7. The summed E-state index contributed by atoms with van der Waals surface area (Å²) in [5.41, 5.74) is 2.16. The van der Waals surface area contributed by atoms with Crippen LogP contribution in [-0.2, 0) is 0 Å². The number of rotatable bonds is 3. The van der Waals surface area contributed by atoms with Gasteiger partial charge in [-0.25, -0.2) is 4.98 Å². The molecular weight excluding hydrogens is 376 g/mol. The quantitative estimate of drug-likeness (QED) is 0.635. The summed E-state index contributed by atoms with van der Waals surface area (Å²) >= 11 is 0. The summed E-state index contributed by atoms with van der Waals surface area (Å²) in [5.74, 6) is 7.81. The standard InChI is InChI=1S/C24H22N4O2/c1-30-22-8-7-21(18-20(22)6-5-19-9-12-25-13-10-19)24(29)28-16-14-27(15-17-28)23-4-2-3-11-26-23/h2-4,7-13,18H,14-17H2,1H3. The van der Waals surface area contributed by atoms with Crippen LogP contribution in [0.15, 0.2) is 67.1 Å². The topological polar surface area (TPSA) is 58.6 Å². The Morgan fingerprint density at radius 3 is 2.47 bits per heavy atom. The number of anilines is 1. The molecular formula is C24H22N4O2. The zero-order valence-electron chi connectivity index (χ0n) is 16.8. The molecule has 3 heterocycles. The van der Waals surface area contributed by atoms with Crippen molar-refractivity contribution in [3.63, 3.8) is 0 Å². The molecule has 0 spiro atoms.